The van der Waals surface area contributed by atoms with Crippen LogP contribution in [0, 0.1) is 5.41 Å². The summed E-state index contributed by atoms with van der Waals surface area (Å²) in [5, 5.41) is 9.56. The molecule has 0 aromatic carbocycles. The molecule has 0 radical (unpaired) electrons. The minimum absolute atomic E-state index is 0.0591. The molecule has 0 bridgehead atoms. The van der Waals surface area contributed by atoms with E-state index in [2.05, 4.69) is 37.6 Å². The Bertz CT molecular complexity index is 439. The second kappa shape index (κ2) is 5.12. The minimum atomic E-state index is 0.0591. The van der Waals surface area contributed by atoms with E-state index in [4.69, 9.17) is 0 Å². The van der Waals surface area contributed by atoms with Gasteiger partial charge in [-0.25, -0.2) is 4.98 Å². The summed E-state index contributed by atoms with van der Waals surface area (Å²) in [4.78, 5) is 7.00. The summed E-state index contributed by atoms with van der Waals surface area (Å²) in [6.45, 7) is 10.3. The van der Waals surface area contributed by atoms with Gasteiger partial charge in [-0.2, -0.15) is 0 Å². The van der Waals surface area contributed by atoms with Crippen molar-refractivity contribution >= 4 is 5.82 Å². The molecule has 2 heterocycles. The molecule has 1 atom stereocenters. The van der Waals surface area contributed by atoms with E-state index in [-0.39, 0.29) is 17.6 Å². The van der Waals surface area contributed by atoms with Gasteiger partial charge in [-0.3, -0.25) is 0 Å². The van der Waals surface area contributed by atoms with E-state index >= 15 is 0 Å². The zero-order valence-corrected chi connectivity index (χ0v) is 12.6. The molecule has 19 heavy (non-hydrogen) atoms. The van der Waals surface area contributed by atoms with Crippen LogP contribution in [0.15, 0.2) is 18.3 Å². The van der Waals surface area contributed by atoms with Crippen LogP contribution in [0.5, 0.6) is 0 Å². The predicted molar refractivity (Wildman–Crippen MR) is 79.2 cm³/mol. The minimum Gasteiger partial charge on any atom is -0.392 e. The topological polar surface area (TPSA) is 36.4 Å². The summed E-state index contributed by atoms with van der Waals surface area (Å²) < 4.78 is 0. The third kappa shape index (κ3) is 2.25. The van der Waals surface area contributed by atoms with Crippen LogP contribution in [-0.2, 0) is 6.61 Å². The van der Waals surface area contributed by atoms with E-state index in [0.717, 1.165) is 24.3 Å². The molecule has 1 aliphatic heterocycles. The highest BCUT2D eigenvalue weighted by Gasteiger charge is 2.48. The Hall–Kier alpha value is -1.09. The number of aliphatic hydroxyl groups excluding tert-OH is 1. The molecule has 0 aliphatic carbocycles. The monoisotopic (exact) mass is 262 g/mol. The predicted octanol–water partition coefficient (Wildman–Crippen LogP) is 3.37. The molecular formula is C16H26N2O. The number of rotatable bonds is 3. The molecule has 1 unspecified atom stereocenters. The highest BCUT2D eigenvalue weighted by molar-refractivity contribution is 5.51. The largest absolute Gasteiger partial charge is 0.392 e. The Morgan fingerprint density at radius 1 is 1.42 bits per heavy atom. The van der Waals surface area contributed by atoms with Crippen LogP contribution in [0.2, 0.25) is 0 Å². The molecule has 0 saturated carbocycles. The standard InChI is InChI=1S/C16H26N2O/c1-5-16(15(2,3)4)9-7-11-18(16)14-13(12-19)8-6-10-17-14/h6,8,10,19H,5,7,9,11-12H2,1-4H3. The van der Waals surface area contributed by atoms with Gasteiger partial charge in [0.1, 0.15) is 5.82 Å². The van der Waals surface area contributed by atoms with E-state index < -0.39 is 0 Å². The third-order valence-corrected chi connectivity index (χ3v) is 4.76. The van der Waals surface area contributed by atoms with Gasteiger partial charge in [0.05, 0.1) is 6.61 Å². The maximum absolute atomic E-state index is 9.56. The van der Waals surface area contributed by atoms with Gasteiger partial charge in [-0.1, -0.05) is 33.8 Å². The Balaban J connectivity index is 2.48. The van der Waals surface area contributed by atoms with Gasteiger partial charge in [-0.15, -0.1) is 0 Å². The van der Waals surface area contributed by atoms with Crippen molar-refractivity contribution in [3.8, 4) is 0 Å². The van der Waals surface area contributed by atoms with Crippen molar-refractivity contribution in [3.05, 3.63) is 23.9 Å². The highest BCUT2D eigenvalue weighted by atomic mass is 16.3. The van der Waals surface area contributed by atoms with Gasteiger partial charge in [0.2, 0.25) is 0 Å². The average Bonchev–Trinajstić information content (AvgIpc) is 2.83. The summed E-state index contributed by atoms with van der Waals surface area (Å²) in [5.74, 6) is 0.972. The van der Waals surface area contributed by atoms with E-state index in [1.165, 1.54) is 12.8 Å². The third-order valence-electron chi connectivity index (χ3n) is 4.76. The molecule has 1 fully saturated rings. The summed E-state index contributed by atoms with van der Waals surface area (Å²) in [6, 6.07) is 3.87. The lowest BCUT2D eigenvalue weighted by atomic mass is 9.70. The molecule has 106 valence electrons. The molecule has 2 rings (SSSR count). The summed E-state index contributed by atoms with van der Waals surface area (Å²) in [7, 11) is 0. The van der Waals surface area contributed by atoms with Gasteiger partial charge in [0.15, 0.2) is 0 Å². The van der Waals surface area contributed by atoms with Crippen molar-refractivity contribution in [1.82, 2.24) is 4.98 Å². The number of pyridine rings is 1. The van der Waals surface area contributed by atoms with Crippen LogP contribution in [0.1, 0.15) is 52.5 Å². The highest BCUT2D eigenvalue weighted by Crippen LogP contribution is 2.48. The zero-order chi connectivity index (χ0) is 14.1. The Labute approximate surface area is 116 Å². The molecule has 0 amide bonds. The van der Waals surface area contributed by atoms with Crippen molar-refractivity contribution in [3.63, 3.8) is 0 Å². The van der Waals surface area contributed by atoms with Crippen LogP contribution >= 0.6 is 0 Å². The van der Waals surface area contributed by atoms with Gasteiger partial charge in [-0.05, 0) is 30.7 Å². The van der Waals surface area contributed by atoms with Crippen molar-refractivity contribution in [2.45, 2.75) is 59.1 Å². The smallest absolute Gasteiger partial charge is 0.134 e. The van der Waals surface area contributed by atoms with Crippen molar-refractivity contribution in [1.29, 1.82) is 0 Å². The van der Waals surface area contributed by atoms with Crippen LogP contribution in [0.4, 0.5) is 5.82 Å². The Morgan fingerprint density at radius 2 is 2.16 bits per heavy atom. The number of nitrogens with zero attached hydrogens (tertiary/aromatic N) is 2. The Morgan fingerprint density at radius 3 is 2.74 bits per heavy atom. The second-order valence-electron chi connectivity index (χ2n) is 6.53. The van der Waals surface area contributed by atoms with E-state index in [0.29, 0.717) is 0 Å². The van der Waals surface area contributed by atoms with Gasteiger partial charge in [0.25, 0.3) is 0 Å². The lowest BCUT2D eigenvalue weighted by Crippen LogP contribution is -2.53. The molecule has 1 aromatic heterocycles. The van der Waals surface area contributed by atoms with Gasteiger partial charge < -0.3 is 10.0 Å². The fourth-order valence-electron chi connectivity index (χ4n) is 3.66. The second-order valence-corrected chi connectivity index (χ2v) is 6.53. The number of hydrogen-bond donors (Lipinski definition) is 1. The number of aromatic nitrogens is 1. The first kappa shape index (κ1) is 14.3. The normalized spacial score (nSPS) is 23.9. The fourth-order valence-corrected chi connectivity index (χ4v) is 3.66. The molecule has 1 aliphatic rings. The van der Waals surface area contributed by atoms with Crippen molar-refractivity contribution < 1.29 is 5.11 Å². The summed E-state index contributed by atoms with van der Waals surface area (Å²) in [5.41, 5.74) is 1.28. The van der Waals surface area contributed by atoms with E-state index in [1.54, 1.807) is 0 Å². The van der Waals surface area contributed by atoms with Crippen molar-refractivity contribution in [2.24, 2.45) is 5.41 Å². The van der Waals surface area contributed by atoms with Crippen LogP contribution in [0.3, 0.4) is 0 Å². The van der Waals surface area contributed by atoms with E-state index in [9.17, 15) is 5.11 Å². The molecule has 1 aromatic rings. The number of anilines is 1. The fraction of sp³-hybridized carbons (Fsp3) is 0.688. The molecule has 0 spiro atoms. The zero-order valence-electron chi connectivity index (χ0n) is 12.6. The summed E-state index contributed by atoms with van der Waals surface area (Å²) in [6.07, 6.45) is 5.34. The first-order valence-corrected chi connectivity index (χ1v) is 7.28. The van der Waals surface area contributed by atoms with Crippen LogP contribution in [0.25, 0.3) is 0 Å². The number of aliphatic hydroxyl groups is 1. The van der Waals surface area contributed by atoms with Gasteiger partial charge in [0, 0.05) is 23.8 Å². The van der Waals surface area contributed by atoms with Crippen molar-refractivity contribution in [2.75, 3.05) is 11.4 Å². The quantitative estimate of drug-likeness (QED) is 0.907. The molecule has 3 nitrogen and oxygen atoms in total. The molecular weight excluding hydrogens is 236 g/mol. The maximum Gasteiger partial charge on any atom is 0.134 e. The van der Waals surface area contributed by atoms with Crippen LogP contribution in [-0.4, -0.2) is 22.2 Å². The van der Waals surface area contributed by atoms with E-state index in [1.807, 2.05) is 18.3 Å². The lowest BCUT2D eigenvalue weighted by molar-refractivity contribution is 0.181. The maximum atomic E-state index is 9.56. The molecule has 3 heteroatoms. The average molecular weight is 262 g/mol. The first-order valence-electron chi connectivity index (χ1n) is 7.28. The van der Waals surface area contributed by atoms with Crippen LogP contribution < -0.4 is 4.90 Å². The lowest BCUT2D eigenvalue weighted by Gasteiger charge is -2.49. The SMILES string of the molecule is CCC1(C(C)(C)C)CCCN1c1ncccc1CO. The molecule has 1 N–H and O–H groups in total. The number of hydrogen-bond acceptors (Lipinski definition) is 3. The summed E-state index contributed by atoms with van der Waals surface area (Å²) >= 11 is 0. The van der Waals surface area contributed by atoms with Gasteiger partial charge >= 0.3 is 0 Å². The Kier molecular flexibility index (Phi) is 3.86. The molecule has 1 saturated heterocycles. The first-order chi connectivity index (χ1) is 8.96.